The first-order chi connectivity index (χ1) is 11.4. The van der Waals surface area contributed by atoms with Crippen LogP contribution in [0.5, 0.6) is 0 Å². The van der Waals surface area contributed by atoms with Gasteiger partial charge in [-0.2, -0.15) is 0 Å². The van der Waals surface area contributed by atoms with Gasteiger partial charge in [0.05, 0.1) is 0 Å². The summed E-state index contributed by atoms with van der Waals surface area (Å²) < 4.78 is 5.93. The standard InChI is InChI=1S/C21H33NO2/c1-5-6-15-22(16-14-21(2,3)4)20(23)24-19-13-9-11-17-10-7-8-12-18(17)19/h7-8,10,12,19H,5-6,9,11,13-16H2,1-4H3. The number of fused-ring (bicyclic) bond motifs is 1. The Morgan fingerprint density at radius 2 is 2.00 bits per heavy atom. The Kier molecular flexibility index (Phi) is 6.70. The molecule has 0 aliphatic heterocycles. The minimum Gasteiger partial charge on any atom is -0.441 e. The molecule has 0 N–H and O–H groups in total. The number of amides is 1. The van der Waals surface area contributed by atoms with Crippen LogP contribution in [0, 0.1) is 5.41 Å². The summed E-state index contributed by atoms with van der Waals surface area (Å²) in [6.07, 6.45) is 6.00. The van der Waals surface area contributed by atoms with Crippen LogP contribution >= 0.6 is 0 Å². The van der Waals surface area contributed by atoms with Gasteiger partial charge in [-0.25, -0.2) is 4.79 Å². The molecule has 0 aromatic heterocycles. The van der Waals surface area contributed by atoms with Crippen molar-refractivity contribution in [3.05, 3.63) is 35.4 Å². The van der Waals surface area contributed by atoms with Crippen molar-refractivity contribution in [1.29, 1.82) is 0 Å². The smallest absolute Gasteiger partial charge is 0.410 e. The second-order valence-corrected chi connectivity index (χ2v) is 8.11. The largest absolute Gasteiger partial charge is 0.441 e. The summed E-state index contributed by atoms with van der Waals surface area (Å²) in [4.78, 5) is 14.7. The van der Waals surface area contributed by atoms with E-state index in [1.54, 1.807) is 0 Å². The van der Waals surface area contributed by atoms with Crippen LogP contribution in [-0.4, -0.2) is 24.1 Å². The van der Waals surface area contributed by atoms with Crippen LogP contribution in [0.3, 0.4) is 0 Å². The third-order valence-electron chi connectivity index (χ3n) is 4.73. The van der Waals surface area contributed by atoms with Crippen molar-refractivity contribution >= 4 is 6.09 Å². The summed E-state index contributed by atoms with van der Waals surface area (Å²) in [5, 5.41) is 0. The molecule has 0 radical (unpaired) electrons. The number of ether oxygens (including phenoxy) is 1. The molecule has 0 spiro atoms. The Balaban J connectivity index is 2.01. The van der Waals surface area contributed by atoms with E-state index in [0.29, 0.717) is 0 Å². The Labute approximate surface area is 147 Å². The van der Waals surface area contributed by atoms with Crippen LogP contribution in [0.1, 0.15) is 77.0 Å². The van der Waals surface area contributed by atoms with Gasteiger partial charge in [0.1, 0.15) is 6.10 Å². The molecule has 134 valence electrons. The first-order valence-electron chi connectivity index (χ1n) is 9.44. The molecule has 1 atom stereocenters. The third-order valence-corrected chi connectivity index (χ3v) is 4.73. The SMILES string of the molecule is CCCCN(CCC(C)(C)C)C(=O)OC1CCCc2ccccc21. The number of nitrogens with zero attached hydrogens (tertiary/aromatic N) is 1. The molecular formula is C21H33NO2. The number of hydrogen-bond acceptors (Lipinski definition) is 2. The minimum absolute atomic E-state index is 0.0822. The summed E-state index contributed by atoms with van der Waals surface area (Å²) in [5.74, 6) is 0. The fraction of sp³-hybridized carbons (Fsp3) is 0.667. The molecule has 0 bridgehead atoms. The van der Waals surface area contributed by atoms with E-state index >= 15 is 0 Å². The number of rotatable bonds is 6. The van der Waals surface area contributed by atoms with Crippen molar-refractivity contribution in [2.75, 3.05) is 13.1 Å². The molecule has 1 aliphatic carbocycles. The van der Waals surface area contributed by atoms with Crippen molar-refractivity contribution < 1.29 is 9.53 Å². The van der Waals surface area contributed by atoms with Gasteiger partial charge in [0, 0.05) is 13.1 Å². The van der Waals surface area contributed by atoms with Gasteiger partial charge >= 0.3 is 6.09 Å². The zero-order valence-electron chi connectivity index (χ0n) is 15.8. The average molecular weight is 332 g/mol. The molecule has 3 nitrogen and oxygen atoms in total. The van der Waals surface area contributed by atoms with Gasteiger partial charge in [-0.05, 0) is 48.6 Å². The molecule has 1 aliphatic rings. The topological polar surface area (TPSA) is 29.5 Å². The second-order valence-electron chi connectivity index (χ2n) is 8.11. The molecule has 1 aromatic carbocycles. The van der Waals surface area contributed by atoms with Crippen LogP contribution in [0.4, 0.5) is 4.79 Å². The van der Waals surface area contributed by atoms with Crippen LogP contribution in [0.25, 0.3) is 0 Å². The minimum atomic E-state index is -0.144. The highest BCUT2D eigenvalue weighted by atomic mass is 16.6. The fourth-order valence-corrected chi connectivity index (χ4v) is 3.14. The molecule has 0 fully saturated rings. The number of hydrogen-bond donors (Lipinski definition) is 0. The van der Waals surface area contributed by atoms with Gasteiger partial charge in [-0.1, -0.05) is 58.4 Å². The fourth-order valence-electron chi connectivity index (χ4n) is 3.14. The molecule has 2 rings (SSSR count). The molecule has 1 unspecified atom stereocenters. The lowest BCUT2D eigenvalue weighted by molar-refractivity contribution is 0.0516. The normalized spacial score (nSPS) is 17.2. The quantitative estimate of drug-likeness (QED) is 0.665. The molecule has 3 heteroatoms. The Hall–Kier alpha value is -1.51. The van der Waals surface area contributed by atoms with E-state index in [0.717, 1.165) is 51.6 Å². The van der Waals surface area contributed by atoms with Gasteiger partial charge in [0.25, 0.3) is 0 Å². The lowest BCUT2D eigenvalue weighted by Crippen LogP contribution is -2.36. The highest BCUT2D eigenvalue weighted by Gasteiger charge is 2.26. The van der Waals surface area contributed by atoms with Gasteiger partial charge in [0.2, 0.25) is 0 Å². The zero-order chi connectivity index (χ0) is 17.6. The lowest BCUT2D eigenvalue weighted by Gasteiger charge is -2.30. The zero-order valence-corrected chi connectivity index (χ0v) is 15.8. The van der Waals surface area contributed by atoms with E-state index < -0.39 is 0 Å². The molecule has 0 saturated heterocycles. The van der Waals surface area contributed by atoms with Crippen molar-refractivity contribution in [3.8, 4) is 0 Å². The van der Waals surface area contributed by atoms with Crippen molar-refractivity contribution in [3.63, 3.8) is 0 Å². The number of carbonyl (C=O) groups excluding carboxylic acids is 1. The predicted molar refractivity (Wildman–Crippen MR) is 99.2 cm³/mol. The van der Waals surface area contributed by atoms with Crippen LogP contribution in [0.2, 0.25) is 0 Å². The van der Waals surface area contributed by atoms with Crippen molar-refractivity contribution in [2.24, 2.45) is 5.41 Å². The maximum atomic E-state index is 12.7. The maximum Gasteiger partial charge on any atom is 0.410 e. The highest BCUT2D eigenvalue weighted by Crippen LogP contribution is 2.33. The average Bonchev–Trinajstić information content (AvgIpc) is 2.54. The van der Waals surface area contributed by atoms with Crippen molar-refractivity contribution in [1.82, 2.24) is 4.90 Å². The summed E-state index contributed by atoms with van der Waals surface area (Å²) in [5.41, 5.74) is 2.75. The summed E-state index contributed by atoms with van der Waals surface area (Å²) in [6, 6.07) is 8.38. The monoisotopic (exact) mass is 331 g/mol. The molecule has 0 saturated carbocycles. The van der Waals surface area contributed by atoms with E-state index in [4.69, 9.17) is 4.74 Å². The Bertz CT molecular complexity index is 533. The third kappa shape index (κ3) is 5.54. The van der Waals surface area contributed by atoms with Gasteiger partial charge in [0.15, 0.2) is 0 Å². The van der Waals surface area contributed by atoms with E-state index in [2.05, 4.69) is 45.9 Å². The maximum absolute atomic E-state index is 12.7. The Morgan fingerprint density at radius 3 is 2.71 bits per heavy atom. The summed E-state index contributed by atoms with van der Waals surface area (Å²) in [6.45, 7) is 10.4. The van der Waals surface area contributed by atoms with Gasteiger partial charge in [-0.3, -0.25) is 0 Å². The molecule has 1 aromatic rings. The van der Waals surface area contributed by atoms with E-state index in [1.807, 2.05) is 11.0 Å². The number of benzene rings is 1. The predicted octanol–water partition coefficient (Wildman–Crippen LogP) is 5.74. The Morgan fingerprint density at radius 1 is 1.25 bits per heavy atom. The van der Waals surface area contributed by atoms with Crippen LogP contribution in [-0.2, 0) is 11.2 Å². The number of unbranched alkanes of at least 4 members (excludes halogenated alkanes) is 1. The van der Waals surface area contributed by atoms with Crippen molar-refractivity contribution in [2.45, 2.75) is 72.3 Å². The second kappa shape index (κ2) is 8.55. The highest BCUT2D eigenvalue weighted by molar-refractivity contribution is 5.68. The van der Waals surface area contributed by atoms with E-state index in [1.165, 1.54) is 11.1 Å². The molecule has 1 amide bonds. The van der Waals surface area contributed by atoms with E-state index in [9.17, 15) is 4.79 Å². The lowest BCUT2D eigenvalue weighted by atomic mass is 9.89. The van der Waals surface area contributed by atoms with Crippen LogP contribution < -0.4 is 0 Å². The number of carbonyl (C=O) groups is 1. The summed E-state index contributed by atoms with van der Waals surface area (Å²) >= 11 is 0. The first-order valence-corrected chi connectivity index (χ1v) is 9.44. The van der Waals surface area contributed by atoms with E-state index in [-0.39, 0.29) is 17.6 Å². The molecule has 0 heterocycles. The van der Waals surface area contributed by atoms with Gasteiger partial charge in [-0.15, -0.1) is 0 Å². The molecule has 24 heavy (non-hydrogen) atoms. The van der Waals surface area contributed by atoms with Gasteiger partial charge < -0.3 is 9.64 Å². The van der Waals surface area contributed by atoms with Crippen LogP contribution in [0.15, 0.2) is 24.3 Å². The summed E-state index contributed by atoms with van der Waals surface area (Å²) in [7, 11) is 0. The molecular weight excluding hydrogens is 298 g/mol. The number of aryl methyl sites for hydroxylation is 1. The first kappa shape index (κ1) is 18.8.